The molecule has 0 radical (unpaired) electrons. The number of rotatable bonds is 9. The van der Waals surface area contributed by atoms with E-state index < -0.39 is 19.0 Å². The van der Waals surface area contributed by atoms with E-state index in [1.54, 1.807) is 14.2 Å². The van der Waals surface area contributed by atoms with Crippen LogP contribution in [0.25, 0.3) is 0 Å². The summed E-state index contributed by atoms with van der Waals surface area (Å²) in [5.41, 5.74) is 2.83. The van der Waals surface area contributed by atoms with Crippen LogP contribution in [-0.2, 0) is 19.3 Å². The summed E-state index contributed by atoms with van der Waals surface area (Å²) in [5, 5.41) is 0. The highest BCUT2D eigenvalue weighted by Gasteiger charge is 2.22. The Kier molecular flexibility index (Phi) is 7.27. The molecule has 0 saturated heterocycles. The summed E-state index contributed by atoms with van der Waals surface area (Å²) in [4.78, 5) is 8.86. The largest absolute Gasteiger partial charge is 0.497 e. The van der Waals surface area contributed by atoms with Crippen LogP contribution in [0.3, 0.4) is 0 Å². The van der Waals surface area contributed by atoms with Crippen LogP contribution in [0.5, 0.6) is 11.5 Å². The van der Waals surface area contributed by atoms with Crippen molar-refractivity contribution in [2.45, 2.75) is 31.9 Å². The van der Waals surface area contributed by atoms with Gasteiger partial charge in [0.2, 0.25) is 0 Å². The monoisotopic (exact) mass is 416 g/mol. The Morgan fingerprint density at radius 1 is 0.800 bits per heavy atom. The van der Waals surface area contributed by atoms with Gasteiger partial charge >= 0.3 is 0 Å². The van der Waals surface area contributed by atoms with Crippen molar-refractivity contribution in [2.24, 2.45) is 0 Å². The minimum atomic E-state index is -3.04. The quantitative estimate of drug-likeness (QED) is 0.502. The second kappa shape index (κ2) is 10.1. The van der Waals surface area contributed by atoms with Crippen molar-refractivity contribution in [3.63, 3.8) is 0 Å². The predicted molar refractivity (Wildman–Crippen MR) is 108 cm³/mol. The maximum absolute atomic E-state index is 13.7. The fraction of sp³-hybridized carbons (Fsp3) is 0.304. The molecule has 0 aliphatic heterocycles. The summed E-state index contributed by atoms with van der Waals surface area (Å²) in [7, 11) is 3.18. The third-order valence-corrected chi connectivity index (χ3v) is 4.74. The molecule has 2 aromatic carbocycles. The molecule has 1 atom stereocenters. The first-order valence-corrected chi connectivity index (χ1v) is 9.50. The van der Waals surface area contributed by atoms with Crippen molar-refractivity contribution < 1.29 is 22.6 Å². The molecule has 3 rings (SSSR count). The summed E-state index contributed by atoms with van der Waals surface area (Å²) < 4.78 is 49.5. The molecular formula is C23H23F3N2O2. The van der Waals surface area contributed by atoms with E-state index in [2.05, 4.69) is 9.97 Å². The number of halogens is 3. The van der Waals surface area contributed by atoms with Crippen LogP contribution in [-0.4, -0.2) is 36.8 Å². The second-order valence-electron chi connectivity index (χ2n) is 6.86. The summed E-state index contributed by atoms with van der Waals surface area (Å²) in [5.74, 6) is 2.00. The van der Waals surface area contributed by atoms with Crippen LogP contribution in [0.1, 0.15) is 28.2 Å². The highest BCUT2D eigenvalue weighted by atomic mass is 19.3. The molecule has 0 fully saturated rings. The van der Waals surface area contributed by atoms with E-state index in [9.17, 15) is 13.2 Å². The molecule has 3 aromatic rings. The van der Waals surface area contributed by atoms with Gasteiger partial charge in [0.05, 0.1) is 19.9 Å². The molecule has 158 valence electrons. The van der Waals surface area contributed by atoms with Gasteiger partial charge in [-0.3, -0.25) is 0 Å². The first-order valence-electron chi connectivity index (χ1n) is 9.50. The lowest BCUT2D eigenvalue weighted by atomic mass is 10.0. The van der Waals surface area contributed by atoms with E-state index in [4.69, 9.17) is 9.47 Å². The Morgan fingerprint density at radius 3 is 1.83 bits per heavy atom. The normalized spacial score (nSPS) is 12.1. The molecule has 0 amide bonds. The SMILES string of the molecule is COc1ccc(Cc2ncc(CC(F)C(F)F)c(Cc3ccc(OC)cc3)n2)cc1. The first-order chi connectivity index (χ1) is 14.5. The molecule has 30 heavy (non-hydrogen) atoms. The van der Waals surface area contributed by atoms with Gasteiger partial charge in [-0.15, -0.1) is 0 Å². The smallest absolute Gasteiger partial charge is 0.269 e. The molecule has 0 aliphatic carbocycles. The number of nitrogens with zero attached hydrogens (tertiary/aromatic N) is 2. The van der Waals surface area contributed by atoms with Crippen LogP contribution >= 0.6 is 0 Å². The molecule has 1 unspecified atom stereocenters. The minimum absolute atomic E-state index is 0.382. The van der Waals surface area contributed by atoms with Gasteiger partial charge in [-0.2, -0.15) is 0 Å². The lowest BCUT2D eigenvalue weighted by Crippen LogP contribution is -2.17. The van der Waals surface area contributed by atoms with Gasteiger partial charge in [-0.05, 0) is 41.0 Å². The average molecular weight is 416 g/mol. The third-order valence-electron chi connectivity index (χ3n) is 4.74. The Morgan fingerprint density at radius 2 is 1.33 bits per heavy atom. The molecule has 0 N–H and O–H groups in total. The number of aromatic nitrogens is 2. The van der Waals surface area contributed by atoms with Gasteiger partial charge < -0.3 is 9.47 Å². The second-order valence-corrected chi connectivity index (χ2v) is 6.86. The van der Waals surface area contributed by atoms with E-state index in [0.717, 1.165) is 16.9 Å². The lowest BCUT2D eigenvalue weighted by Gasteiger charge is -2.13. The van der Waals surface area contributed by atoms with E-state index >= 15 is 0 Å². The van der Waals surface area contributed by atoms with Gasteiger partial charge in [0.15, 0.2) is 6.17 Å². The summed E-state index contributed by atoms with van der Waals surface area (Å²) in [6.07, 6.45) is -3.42. The number of alkyl halides is 3. The Labute approximate surface area is 173 Å². The standard InChI is InChI=1S/C23H23F3N2O2/c1-29-18-7-3-15(4-8-18)11-21-17(13-20(24)23(25)26)14-27-22(28-21)12-16-5-9-19(30-2)10-6-16/h3-10,14,20,23H,11-13H2,1-2H3. The van der Waals surface area contributed by atoms with Gasteiger partial charge in [-0.25, -0.2) is 23.1 Å². The number of hydrogen-bond acceptors (Lipinski definition) is 4. The molecule has 0 bridgehead atoms. The van der Waals surface area contributed by atoms with Crippen molar-refractivity contribution in [1.29, 1.82) is 0 Å². The molecule has 4 nitrogen and oxygen atoms in total. The fourth-order valence-corrected chi connectivity index (χ4v) is 3.05. The van der Waals surface area contributed by atoms with E-state index in [1.165, 1.54) is 6.20 Å². The maximum Gasteiger partial charge on any atom is 0.269 e. The molecule has 1 aromatic heterocycles. The van der Waals surface area contributed by atoms with Gasteiger partial charge in [0.1, 0.15) is 17.3 Å². The first kappa shape index (κ1) is 21.6. The van der Waals surface area contributed by atoms with Crippen molar-refractivity contribution >= 4 is 0 Å². The van der Waals surface area contributed by atoms with Crippen molar-refractivity contribution in [1.82, 2.24) is 9.97 Å². The summed E-state index contributed by atoms with van der Waals surface area (Å²) in [6.45, 7) is 0. The molecule has 0 aliphatic rings. The van der Waals surface area contributed by atoms with Gasteiger partial charge in [0.25, 0.3) is 6.43 Å². The van der Waals surface area contributed by atoms with Crippen molar-refractivity contribution in [3.05, 3.63) is 82.9 Å². The van der Waals surface area contributed by atoms with Crippen LogP contribution in [0.4, 0.5) is 13.2 Å². The Bertz CT molecular complexity index is 948. The van der Waals surface area contributed by atoms with Crippen LogP contribution in [0, 0.1) is 0 Å². The van der Waals surface area contributed by atoms with Crippen molar-refractivity contribution in [2.75, 3.05) is 14.2 Å². The maximum atomic E-state index is 13.7. The van der Waals surface area contributed by atoms with Crippen LogP contribution < -0.4 is 9.47 Å². The topological polar surface area (TPSA) is 44.2 Å². The number of ether oxygens (including phenoxy) is 2. The van der Waals surface area contributed by atoms with E-state index in [-0.39, 0.29) is 0 Å². The van der Waals surface area contributed by atoms with Crippen LogP contribution in [0.15, 0.2) is 54.7 Å². The summed E-state index contributed by atoms with van der Waals surface area (Å²) in [6, 6.07) is 14.9. The molecular weight excluding hydrogens is 393 g/mol. The molecule has 0 saturated carbocycles. The zero-order chi connectivity index (χ0) is 21.5. The zero-order valence-corrected chi connectivity index (χ0v) is 16.8. The van der Waals surface area contributed by atoms with E-state index in [0.29, 0.717) is 35.7 Å². The highest BCUT2D eigenvalue weighted by Crippen LogP contribution is 2.21. The lowest BCUT2D eigenvalue weighted by molar-refractivity contribution is 0.0501. The van der Waals surface area contributed by atoms with E-state index in [1.807, 2.05) is 48.5 Å². The molecule has 1 heterocycles. The Balaban J connectivity index is 1.86. The number of methoxy groups -OCH3 is 2. The molecule has 0 spiro atoms. The number of hydrogen-bond donors (Lipinski definition) is 0. The van der Waals surface area contributed by atoms with Gasteiger partial charge in [0, 0.05) is 25.5 Å². The van der Waals surface area contributed by atoms with Crippen LogP contribution in [0.2, 0.25) is 0 Å². The summed E-state index contributed by atoms with van der Waals surface area (Å²) >= 11 is 0. The predicted octanol–water partition coefficient (Wildman–Crippen LogP) is 4.82. The van der Waals surface area contributed by atoms with Gasteiger partial charge in [-0.1, -0.05) is 24.3 Å². The Hall–Kier alpha value is -3.09. The highest BCUT2D eigenvalue weighted by molar-refractivity contribution is 5.33. The van der Waals surface area contributed by atoms with Crippen molar-refractivity contribution in [3.8, 4) is 11.5 Å². The third kappa shape index (κ3) is 5.72. The molecule has 7 heteroatoms. The fourth-order valence-electron chi connectivity index (χ4n) is 3.05. The minimum Gasteiger partial charge on any atom is -0.497 e. The zero-order valence-electron chi connectivity index (χ0n) is 16.8. The average Bonchev–Trinajstić information content (AvgIpc) is 2.76. The number of benzene rings is 2.